The minimum absolute atomic E-state index is 0.432. The van der Waals surface area contributed by atoms with E-state index in [4.69, 9.17) is 10.3 Å². The summed E-state index contributed by atoms with van der Waals surface area (Å²) in [6.07, 6.45) is 0. The molecule has 0 spiro atoms. The van der Waals surface area contributed by atoms with Crippen LogP contribution >= 0.6 is 11.3 Å². The molecule has 0 saturated heterocycles. The van der Waals surface area contributed by atoms with Gasteiger partial charge in [-0.2, -0.15) is 11.3 Å². The summed E-state index contributed by atoms with van der Waals surface area (Å²) in [7, 11) is 0. The highest BCUT2D eigenvalue weighted by atomic mass is 32.1. The second-order valence-electron chi connectivity index (χ2n) is 4.11. The predicted octanol–water partition coefficient (Wildman–Crippen LogP) is 3.96. The van der Waals surface area contributed by atoms with Gasteiger partial charge in [-0.1, -0.05) is 35.5 Å². The molecule has 3 rings (SSSR count). The molecule has 2 heterocycles. The number of nitrogens with two attached hydrogens (primary N) is 1. The van der Waals surface area contributed by atoms with Crippen molar-refractivity contribution in [2.45, 2.75) is 6.92 Å². The first kappa shape index (κ1) is 11.0. The van der Waals surface area contributed by atoms with Crippen LogP contribution in [0.25, 0.3) is 22.5 Å². The fraction of sp³-hybridized carbons (Fsp3) is 0.0714. The lowest BCUT2D eigenvalue weighted by Gasteiger charge is -2.01. The summed E-state index contributed by atoms with van der Waals surface area (Å²) in [4.78, 5) is 0. The van der Waals surface area contributed by atoms with Crippen LogP contribution in [0.2, 0.25) is 0 Å². The summed E-state index contributed by atoms with van der Waals surface area (Å²) < 4.78 is 5.41. The van der Waals surface area contributed by atoms with Gasteiger partial charge >= 0.3 is 0 Å². The predicted molar refractivity (Wildman–Crippen MR) is 74.4 cm³/mol. The molecule has 3 nitrogen and oxygen atoms in total. The van der Waals surface area contributed by atoms with E-state index in [9.17, 15) is 0 Å². The highest BCUT2D eigenvalue weighted by Gasteiger charge is 2.19. The maximum absolute atomic E-state index is 5.93. The van der Waals surface area contributed by atoms with Gasteiger partial charge in [-0.05, 0) is 23.4 Å². The zero-order chi connectivity index (χ0) is 12.5. The molecule has 0 aliphatic heterocycles. The van der Waals surface area contributed by atoms with Gasteiger partial charge in [-0.3, -0.25) is 0 Å². The molecule has 2 aromatic heterocycles. The van der Waals surface area contributed by atoms with Crippen molar-refractivity contribution in [3.63, 3.8) is 0 Å². The Morgan fingerprint density at radius 3 is 2.61 bits per heavy atom. The molecule has 0 unspecified atom stereocenters. The number of nitrogen functional groups attached to an aromatic ring is 1. The van der Waals surface area contributed by atoms with Crippen molar-refractivity contribution >= 4 is 17.2 Å². The average molecular weight is 256 g/mol. The lowest BCUT2D eigenvalue weighted by atomic mass is 10.0. The molecular formula is C14H12N2OS. The average Bonchev–Trinajstić information content (AvgIpc) is 2.96. The van der Waals surface area contributed by atoms with Crippen molar-refractivity contribution < 1.29 is 4.52 Å². The van der Waals surface area contributed by atoms with Crippen molar-refractivity contribution in [2.75, 3.05) is 5.73 Å². The van der Waals surface area contributed by atoms with E-state index in [0.29, 0.717) is 5.82 Å². The van der Waals surface area contributed by atoms with Crippen molar-refractivity contribution in [2.24, 2.45) is 0 Å². The molecule has 0 aliphatic carbocycles. The van der Waals surface area contributed by atoms with Gasteiger partial charge in [0, 0.05) is 10.9 Å². The Labute approximate surface area is 109 Å². The van der Waals surface area contributed by atoms with Crippen LogP contribution in [0, 0.1) is 6.92 Å². The normalized spacial score (nSPS) is 10.7. The van der Waals surface area contributed by atoms with Crippen LogP contribution in [0.3, 0.4) is 0 Å². The monoisotopic (exact) mass is 256 g/mol. The van der Waals surface area contributed by atoms with Crippen molar-refractivity contribution in [1.29, 1.82) is 0 Å². The van der Waals surface area contributed by atoms with Crippen molar-refractivity contribution in [1.82, 2.24) is 5.16 Å². The Hall–Kier alpha value is -2.07. The van der Waals surface area contributed by atoms with Crippen LogP contribution in [0.1, 0.15) is 5.56 Å². The smallest absolute Gasteiger partial charge is 0.178 e. The van der Waals surface area contributed by atoms with Crippen LogP contribution in [0.4, 0.5) is 5.82 Å². The van der Waals surface area contributed by atoms with Gasteiger partial charge in [0.25, 0.3) is 0 Å². The third-order valence-corrected chi connectivity index (χ3v) is 3.74. The van der Waals surface area contributed by atoms with Gasteiger partial charge < -0.3 is 10.3 Å². The Kier molecular flexibility index (Phi) is 2.64. The van der Waals surface area contributed by atoms with E-state index in [-0.39, 0.29) is 0 Å². The number of aromatic nitrogens is 1. The third-order valence-electron chi connectivity index (χ3n) is 2.88. The SMILES string of the molecule is Cc1cscc1-c1onc(N)c1-c1ccccc1. The summed E-state index contributed by atoms with van der Waals surface area (Å²) in [5, 5.41) is 8.04. The van der Waals surface area contributed by atoms with Gasteiger partial charge in [-0.15, -0.1) is 0 Å². The number of aryl methyl sites for hydroxylation is 1. The van der Waals surface area contributed by atoms with Crippen LogP contribution in [-0.2, 0) is 0 Å². The minimum atomic E-state index is 0.432. The minimum Gasteiger partial charge on any atom is -0.380 e. The molecule has 0 radical (unpaired) electrons. The van der Waals surface area contributed by atoms with E-state index in [0.717, 1.165) is 22.5 Å². The van der Waals surface area contributed by atoms with E-state index in [1.165, 1.54) is 5.56 Å². The summed E-state index contributed by atoms with van der Waals surface area (Å²) in [5.74, 6) is 1.18. The lowest BCUT2D eigenvalue weighted by molar-refractivity contribution is 0.436. The number of benzene rings is 1. The van der Waals surface area contributed by atoms with E-state index in [2.05, 4.69) is 22.8 Å². The number of thiophene rings is 1. The molecule has 1 aromatic carbocycles. The first-order valence-corrected chi connectivity index (χ1v) is 6.55. The largest absolute Gasteiger partial charge is 0.380 e. The van der Waals surface area contributed by atoms with E-state index in [1.807, 2.05) is 30.3 Å². The second-order valence-corrected chi connectivity index (χ2v) is 4.85. The quantitative estimate of drug-likeness (QED) is 0.755. The van der Waals surface area contributed by atoms with Gasteiger partial charge in [0.1, 0.15) is 0 Å². The van der Waals surface area contributed by atoms with Gasteiger partial charge in [0.15, 0.2) is 11.6 Å². The summed E-state index contributed by atoms with van der Waals surface area (Å²) >= 11 is 1.65. The molecule has 0 bridgehead atoms. The molecule has 0 atom stereocenters. The highest BCUT2D eigenvalue weighted by molar-refractivity contribution is 7.08. The van der Waals surface area contributed by atoms with Gasteiger partial charge in [0.2, 0.25) is 0 Å². The lowest BCUT2D eigenvalue weighted by Crippen LogP contribution is -1.88. The third kappa shape index (κ3) is 1.71. The summed E-state index contributed by atoms with van der Waals surface area (Å²) in [5.41, 5.74) is 10.1. The topological polar surface area (TPSA) is 52.0 Å². The number of hydrogen-bond acceptors (Lipinski definition) is 4. The molecule has 0 amide bonds. The maximum Gasteiger partial charge on any atom is 0.178 e. The highest BCUT2D eigenvalue weighted by Crippen LogP contribution is 2.38. The van der Waals surface area contributed by atoms with Crippen LogP contribution in [-0.4, -0.2) is 5.16 Å². The Bertz CT molecular complexity index is 670. The summed E-state index contributed by atoms with van der Waals surface area (Å²) in [6, 6.07) is 9.95. The Balaban J connectivity index is 2.22. The van der Waals surface area contributed by atoms with Crippen molar-refractivity contribution in [3.05, 3.63) is 46.7 Å². The van der Waals surface area contributed by atoms with Gasteiger partial charge in [-0.25, -0.2) is 0 Å². The zero-order valence-electron chi connectivity index (χ0n) is 9.88. The van der Waals surface area contributed by atoms with Crippen LogP contribution in [0.5, 0.6) is 0 Å². The fourth-order valence-electron chi connectivity index (χ4n) is 1.96. The zero-order valence-corrected chi connectivity index (χ0v) is 10.7. The number of hydrogen-bond donors (Lipinski definition) is 1. The van der Waals surface area contributed by atoms with Crippen LogP contribution < -0.4 is 5.73 Å². The number of anilines is 1. The maximum atomic E-state index is 5.93. The van der Waals surface area contributed by atoms with Crippen LogP contribution in [0.15, 0.2) is 45.6 Å². The van der Waals surface area contributed by atoms with Gasteiger partial charge in [0.05, 0.1) is 5.56 Å². The van der Waals surface area contributed by atoms with Crippen molar-refractivity contribution in [3.8, 4) is 22.5 Å². The first-order chi connectivity index (χ1) is 8.77. The number of nitrogens with zero attached hydrogens (tertiary/aromatic N) is 1. The molecule has 4 heteroatoms. The first-order valence-electron chi connectivity index (χ1n) is 5.61. The molecule has 0 aliphatic rings. The molecule has 90 valence electrons. The molecule has 0 fully saturated rings. The standard InChI is InChI=1S/C14H12N2OS/c1-9-7-18-8-11(9)13-12(14(15)16-17-13)10-5-3-2-4-6-10/h2-8H,1H3,(H2,15,16). The van der Waals surface area contributed by atoms with E-state index >= 15 is 0 Å². The fourth-order valence-corrected chi connectivity index (χ4v) is 2.79. The molecule has 3 aromatic rings. The van der Waals surface area contributed by atoms with E-state index < -0.39 is 0 Å². The molecule has 18 heavy (non-hydrogen) atoms. The Morgan fingerprint density at radius 1 is 1.17 bits per heavy atom. The molecule has 2 N–H and O–H groups in total. The summed E-state index contributed by atoms with van der Waals surface area (Å²) in [6.45, 7) is 2.05. The molecule has 0 saturated carbocycles. The Morgan fingerprint density at radius 2 is 1.94 bits per heavy atom. The molecular weight excluding hydrogens is 244 g/mol. The van der Waals surface area contributed by atoms with E-state index in [1.54, 1.807) is 11.3 Å². The number of rotatable bonds is 2. The second kappa shape index (κ2) is 4.31.